The summed E-state index contributed by atoms with van der Waals surface area (Å²) in [6.07, 6.45) is 1.34. The van der Waals surface area contributed by atoms with Gasteiger partial charge in [-0.05, 0) is 18.1 Å². The van der Waals surface area contributed by atoms with Crippen molar-refractivity contribution in [3.8, 4) is 0 Å². The van der Waals surface area contributed by atoms with Crippen LogP contribution in [0.1, 0.15) is 24.8 Å². The molecule has 0 unspecified atom stereocenters. The quantitative estimate of drug-likeness (QED) is 0.446. The van der Waals surface area contributed by atoms with E-state index in [1.807, 2.05) is 6.92 Å². The molecular formula is C12H14ClNO3. The lowest BCUT2D eigenvalue weighted by Gasteiger charge is -2.19. The minimum Gasteiger partial charge on any atom is -0.303 e. The molecule has 92 valence electrons. The lowest BCUT2D eigenvalue weighted by atomic mass is 9.85. The summed E-state index contributed by atoms with van der Waals surface area (Å²) in [5.74, 6) is -0.832. The van der Waals surface area contributed by atoms with Gasteiger partial charge in [-0.15, -0.1) is 0 Å². The first-order valence-electron chi connectivity index (χ1n) is 5.41. The number of benzene rings is 1. The number of rotatable bonds is 6. The van der Waals surface area contributed by atoms with Crippen molar-refractivity contribution in [1.29, 1.82) is 0 Å². The third-order valence-corrected chi connectivity index (χ3v) is 3.16. The van der Waals surface area contributed by atoms with E-state index in [0.29, 0.717) is 17.0 Å². The Balaban J connectivity index is 3.09. The molecule has 17 heavy (non-hydrogen) atoms. The number of nitro groups is 1. The van der Waals surface area contributed by atoms with E-state index in [4.69, 9.17) is 11.6 Å². The maximum atomic E-state index is 11.0. The molecule has 0 aliphatic carbocycles. The van der Waals surface area contributed by atoms with Gasteiger partial charge in [-0.25, -0.2) is 0 Å². The zero-order chi connectivity index (χ0) is 12.8. The van der Waals surface area contributed by atoms with Crippen LogP contribution in [0, 0.1) is 16.0 Å². The lowest BCUT2D eigenvalue weighted by molar-refractivity contribution is -0.484. The number of hydrogen-bond acceptors (Lipinski definition) is 3. The molecule has 1 aromatic carbocycles. The molecule has 0 radical (unpaired) electrons. The molecule has 5 heteroatoms. The summed E-state index contributed by atoms with van der Waals surface area (Å²) >= 11 is 6.02. The van der Waals surface area contributed by atoms with Crippen molar-refractivity contribution >= 4 is 17.9 Å². The Morgan fingerprint density at radius 3 is 2.59 bits per heavy atom. The minimum atomic E-state index is -0.457. The number of aldehydes is 1. The molecule has 0 N–H and O–H groups in total. The first-order chi connectivity index (χ1) is 8.10. The summed E-state index contributed by atoms with van der Waals surface area (Å²) < 4.78 is 0. The van der Waals surface area contributed by atoms with Gasteiger partial charge in [0.25, 0.3) is 0 Å². The Labute approximate surface area is 105 Å². The largest absolute Gasteiger partial charge is 0.303 e. The second-order valence-corrected chi connectivity index (χ2v) is 4.26. The average molecular weight is 256 g/mol. The van der Waals surface area contributed by atoms with E-state index in [1.165, 1.54) is 0 Å². The number of halogens is 1. The molecule has 0 heterocycles. The molecule has 4 nitrogen and oxygen atoms in total. The fraction of sp³-hybridized carbons (Fsp3) is 0.417. The van der Waals surface area contributed by atoms with E-state index >= 15 is 0 Å². The first kappa shape index (κ1) is 13.6. The van der Waals surface area contributed by atoms with E-state index in [9.17, 15) is 14.9 Å². The van der Waals surface area contributed by atoms with Gasteiger partial charge in [-0.1, -0.05) is 36.7 Å². The van der Waals surface area contributed by atoms with Crippen LogP contribution in [0.4, 0.5) is 0 Å². The van der Waals surface area contributed by atoms with Crippen molar-refractivity contribution in [3.63, 3.8) is 0 Å². The Hall–Kier alpha value is -1.42. The van der Waals surface area contributed by atoms with Crippen LogP contribution in [0.15, 0.2) is 24.3 Å². The van der Waals surface area contributed by atoms with Crippen LogP contribution < -0.4 is 0 Å². The smallest absolute Gasteiger partial charge is 0.211 e. The van der Waals surface area contributed by atoms with Crippen LogP contribution in [-0.4, -0.2) is 17.8 Å². The summed E-state index contributed by atoms with van der Waals surface area (Å²) in [6.45, 7) is 1.56. The summed E-state index contributed by atoms with van der Waals surface area (Å²) in [5.41, 5.74) is 0.671. The zero-order valence-corrected chi connectivity index (χ0v) is 10.3. The molecule has 0 saturated carbocycles. The van der Waals surface area contributed by atoms with Gasteiger partial charge in [0.05, 0.1) is 5.92 Å². The number of hydrogen-bond donors (Lipinski definition) is 0. The highest BCUT2D eigenvalue weighted by Gasteiger charge is 2.27. The van der Waals surface area contributed by atoms with Crippen molar-refractivity contribution in [1.82, 2.24) is 0 Å². The van der Waals surface area contributed by atoms with E-state index in [-0.39, 0.29) is 12.5 Å². The van der Waals surface area contributed by atoms with Gasteiger partial charge in [0.15, 0.2) is 0 Å². The normalized spacial score (nSPS) is 14.0. The monoisotopic (exact) mass is 255 g/mol. The van der Waals surface area contributed by atoms with Crippen LogP contribution in [-0.2, 0) is 4.79 Å². The third-order valence-electron chi connectivity index (χ3n) is 2.81. The van der Waals surface area contributed by atoms with E-state index in [0.717, 1.165) is 6.29 Å². The number of carbonyl (C=O) groups excluding carboxylic acids is 1. The molecule has 0 aliphatic heterocycles. The Bertz CT molecular complexity index is 408. The molecule has 1 rings (SSSR count). The molecule has 0 aliphatic rings. The fourth-order valence-corrected chi connectivity index (χ4v) is 2.15. The molecule has 1 aromatic rings. The molecule has 0 amide bonds. The topological polar surface area (TPSA) is 60.2 Å². The average Bonchev–Trinajstić information content (AvgIpc) is 2.29. The van der Waals surface area contributed by atoms with Crippen molar-refractivity contribution < 1.29 is 9.72 Å². The summed E-state index contributed by atoms with van der Waals surface area (Å²) in [5, 5.41) is 11.1. The molecule has 0 bridgehead atoms. The molecule has 0 aromatic heterocycles. The molecule has 0 saturated heterocycles. The third kappa shape index (κ3) is 3.53. The van der Waals surface area contributed by atoms with Gasteiger partial charge >= 0.3 is 0 Å². The standard InChI is InChI=1S/C12H14ClNO3/c1-2-9(8-15)11(7-14(16)17)10-5-3-4-6-12(10)13/h3-6,8-9,11H,2,7H2,1H3/t9-,11-/m0/s1. The van der Waals surface area contributed by atoms with Gasteiger partial charge < -0.3 is 4.79 Å². The highest BCUT2D eigenvalue weighted by molar-refractivity contribution is 6.31. The second kappa shape index (κ2) is 6.35. The maximum absolute atomic E-state index is 11.0. The van der Waals surface area contributed by atoms with Crippen LogP contribution in [0.3, 0.4) is 0 Å². The summed E-state index contributed by atoms with van der Waals surface area (Å²) in [6, 6.07) is 6.95. The first-order valence-corrected chi connectivity index (χ1v) is 5.79. The van der Waals surface area contributed by atoms with Gasteiger partial charge in [-0.2, -0.15) is 0 Å². The Morgan fingerprint density at radius 1 is 1.47 bits per heavy atom. The van der Waals surface area contributed by atoms with Gasteiger partial charge in [-0.3, -0.25) is 10.1 Å². The molecular weight excluding hydrogens is 242 g/mol. The van der Waals surface area contributed by atoms with Crippen LogP contribution in [0.2, 0.25) is 5.02 Å². The van der Waals surface area contributed by atoms with E-state index in [1.54, 1.807) is 24.3 Å². The van der Waals surface area contributed by atoms with E-state index < -0.39 is 10.8 Å². The van der Waals surface area contributed by atoms with Crippen LogP contribution in [0.25, 0.3) is 0 Å². The van der Waals surface area contributed by atoms with Gasteiger partial charge in [0.1, 0.15) is 6.29 Å². The van der Waals surface area contributed by atoms with Crippen molar-refractivity contribution in [2.24, 2.45) is 5.92 Å². The molecule has 2 atom stereocenters. The van der Waals surface area contributed by atoms with Gasteiger partial charge in [0.2, 0.25) is 6.54 Å². The molecule has 0 fully saturated rings. The summed E-state index contributed by atoms with van der Waals surface area (Å²) in [7, 11) is 0. The zero-order valence-electron chi connectivity index (χ0n) is 9.51. The Kier molecular flexibility index (Phi) is 5.10. The second-order valence-electron chi connectivity index (χ2n) is 3.85. The molecule has 0 spiro atoms. The maximum Gasteiger partial charge on any atom is 0.211 e. The SMILES string of the molecule is CC[C@@H](C=O)[C@H](C[N+](=O)[O-])c1ccccc1Cl. The van der Waals surface area contributed by atoms with E-state index in [2.05, 4.69) is 0 Å². The van der Waals surface area contributed by atoms with Crippen LogP contribution >= 0.6 is 11.6 Å². The Morgan fingerprint density at radius 2 is 2.12 bits per heavy atom. The fourth-order valence-electron chi connectivity index (χ4n) is 1.88. The number of carbonyl (C=O) groups is 1. The van der Waals surface area contributed by atoms with Crippen molar-refractivity contribution in [2.75, 3.05) is 6.54 Å². The highest BCUT2D eigenvalue weighted by Crippen LogP contribution is 2.31. The minimum absolute atomic E-state index is 0.277. The predicted molar refractivity (Wildman–Crippen MR) is 65.9 cm³/mol. The summed E-state index contributed by atoms with van der Waals surface area (Å²) in [4.78, 5) is 21.3. The highest BCUT2D eigenvalue weighted by atomic mass is 35.5. The van der Waals surface area contributed by atoms with Crippen LogP contribution in [0.5, 0.6) is 0 Å². The van der Waals surface area contributed by atoms with Crippen molar-refractivity contribution in [3.05, 3.63) is 45.0 Å². The number of nitrogens with zero attached hydrogens (tertiary/aromatic N) is 1. The predicted octanol–water partition coefficient (Wildman–Crippen LogP) is 2.93. The lowest BCUT2D eigenvalue weighted by Crippen LogP contribution is -2.22. The van der Waals surface area contributed by atoms with Gasteiger partial charge in [0, 0.05) is 15.9 Å². The van der Waals surface area contributed by atoms with Crippen molar-refractivity contribution in [2.45, 2.75) is 19.3 Å².